The zero-order valence-electron chi connectivity index (χ0n) is 9.91. The largest absolute Gasteiger partial charge is 0.360 e. The summed E-state index contributed by atoms with van der Waals surface area (Å²) in [6.45, 7) is 0.419. The van der Waals surface area contributed by atoms with Crippen LogP contribution >= 0.6 is 0 Å². The number of nitrogens with two attached hydrogens (primary N) is 1. The van der Waals surface area contributed by atoms with E-state index in [1.54, 1.807) is 0 Å². The van der Waals surface area contributed by atoms with Crippen LogP contribution in [0.1, 0.15) is 5.56 Å². The molecule has 0 unspecified atom stereocenters. The predicted molar refractivity (Wildman–Crippen MR) is 70.3 cm³/mol. The molecule has 0 fully saturated rings. The molecule has 1 heterocycles. The molecule has 0 aliphatic carbocycles. The number of nitro groups is 1. The van der Waals surface area contributed by atoms with E-state index in [1.165, 1.54) is 6.33 Å². The summed E-state index contributed by atoms with van der Waals surface area (Å²) >= 11 is 0. The van der Waals surface area contributed by atoms with E-state index < -0.39 is 4.92 Å². The molecule has 0 radical (unpaired) electrons. The lowest BCUT2D eigenvalue weighted by atomic mass is 10.2. The minimum absolute atomic E-state index is 0.0319. The fraction of sp³-hybridized carbons (Fsp3) is 0.0909. The molecular weight excluding hydrogens is 248 g/mol. The topological polar surface area (TPSA) is 119 Å². The maximum atomic E-state index is 11.0. The van der Waals surface area contributed by atoms with E-state index in [0.29, 0.717) is 6.54 Å². The second kappa shape index (κ2) is 5.74. The smallest absolute Gasteiger partial charge is 0.354 e. The van der Waals surface area contributed by atoms with E-state index in [-0.39, 0.29) is 17.3 Å². The lowest BCUT2D eigenvalue weighted by molar-refractivity contribution is -0.383. The summed E-state index contributed by atoms with van der Waals surface area (Å²) in [5.74, 6) is 5.28. The Morgan fingerprint density at radius 3 is 2.53 bits per heavy atom. The van der Waals surface area contributed by atoms with Crippen molar-refractivity contribution in [2.24, 2.45) is 5.84 Å². The fourth-order valence-electron chi connectivity index (χ4n) is 1.57. The summed E-state index contributed by atoms with van der Waals surface area (Å²) in [4.78, 5) is 18.0. The van der Waals surface area contributed by atoms with Crippen molar-refractivity contribution in [1.29, 1.82) is 0 Å². The van der Waals surface area contributed by atoms with Crippen molar-refractivity contribution in [3.63, 3.8) is 0 Å². The number of benzene rings is 1. The molecule has 1 aromatic carbocycles. The highest BCUT2D eigenvalue weighted by molar-refractivity contribution is 5.68. The van der Waals surface area contributed by atoms with Gasteiger partial charge in [-0.05, 0) is 5.56 Å². The van der Waals surface area contributed by atoms with Crippen molar-refractivity contribution in [2.75, 3.05) is 10.7 Å². The molecule has 4 N–H and O–H groups in total. The van der Waals surface area contributed by atoms with Crippen LogP contribution in [0.5, 0.6) is 0 Å². The first-order chi connectivity index (χ1) is 9.22. The number of nitrogens with zero attached hydrogens (tertiary/aromatic N) is 3. The summed E-state index contributed by atoms with van der Waals surface area (Å²) in [5, 5.41) is 13.9. The molecule has 8 nitrogen and oxygen atoms in total. The van der Waals surface area contributed by atoms with Gasteiger partial charge in [0.2, 0.25) is 11.6 Å². The van der Waals surface area contributed by atoms with Gasteiger partial charge in [0.1, 0.15) is 6.33 Å². The highest BCUT2D eigenvalue weighted by Crippen LogP contribution is 2.28. The van der Waals surface area contributed by atoms with Gasteiger partial charge in [-0.3, -0.25) is 10.1 Å². The maximum Gasteiger partial charge on any atom is 0.354 e. The molecule has 0 saturated heterocycles. The number of hydrogen-bond donors (Lipinski definition) is 3. The van der Waals surface area contributed by atoms with Crippen molar-refractivity contribution >= 4 is 17.3 Å². The molecular formula is C11H12N6O2. The van der Waals surface area contributed by atoms with Gasteiger partial charge in [-0.15, -0.1) is 0 Å². The van der Waals surface area contributed by atoms with Crippen molar-refractivity contribution < 1.29 is 4.92 Å². The number of rotatable bonds is 5. The van der Waals surface area contributed by atoms with E-state index in [0.717, 1.165) is 5.56 Å². The Balaban J connectivity index is 2.23. The second-order valence-electron chi connectivity index (χ2n) is 3.66. The van der Waals surface area contributed by atoms with Crippen LogP contribution in [0, 0.1) is 10.1 Å². The van der Waals surface area contributed by atoms with Crippen molar-refractivity contribution in [3.8, 4) is 0 Å². The summed E-state index contributed by atoms with van der Waals surface area (Å²) in [5.41, 5.74) is 2.89. The van der Waals surface area contributed by atoms with Gasteiger partial charge in [-0.1, -0.05) is 30.3 Å². The third kappa shape index (κ3) is 2.93. The molecule has 8 heteroatoms. The van der Waals surface area contributed by atoms with Crippen LogP contribution in [0.2, 0.25) is 0 Å². The van der Waals surface area contributed by atoms with E-state index in [9.17, 15) is 10.1 Å². The Labute approximate surface area is 108 Å². The third-order valence-electron chi connectivity index (χ3n) is 2.44. The molecule has 2 aromatic rings. The average Bonchev–Trinajstić information content (AvgIpc) is 2.45. The molecule has 0 aliphatic rings. The zero-order chi connectivity index (χ0) is 13.7. The zero-order valence-corrected chi connectivity index (χ0v) is 9.91. The lowest BCUT2D eigenvalue weighted by Crippen LogP contribution is -2.13. The Bertz CT molecular complexity index is 575. The molecule has 0 saturated carbocycles. The molecule has 19 heavy (non-hydrogen) atoms. The number of nitrogen functional groups attached to an aromatic ring is 1. The predicted octanol–water partition coefficient (Wildman–Crippen LogP) is 1.28. The molecule has 0 atom stereocenters. The number of aromatic nitrogens is 2. The molecule has 0 spiro atoms. The van der Waals surface area contributed by atoms with Crippen LogP contribution in [-0.4, -0.2) is 14.9 Å². The van der Waals surface area contributed by atoms with Crippen molar-refractivity contribution in [1.82, 2.24) is 9.97 Å². The number of hydrazine groups is 1. The van der Waals surface area contributed by atoms with Gasteiger partial charge in [0.05, 0.1) is 4.92 Å². The lowest BCUT2D eigenvalue weighted by Gasteiger charge is -2.07. The maximum absolute atomic E-state index is 11.0. The first-order valence-corrected chi connectivity index (χ1v) is 5.46. The highest BCUT2D eigenvalue weighted by Gasteiger charge is 2.21. The molecule has 0 amide bonds. The Hall–Kier alpha value is -2.74. The quantitative estimate of drug-likeness (QED) is 0.421. The number of anilines is 2. The van der Waals surface area contributed by atoms with Gasteiger partial charge in [-0.25, -0.2) is 15.8 Å². The van der Waals surface area contributed by atoms with Crippen LogP contribution in [0.25, 0.3) is 0 Å². The van der Waals surface area contributed by atoms with Crippen molar-refractivity contribution in [2.45, 2.75) is 6.54 Å². The fourth-order valence-corrected chi connectivity index (χ4v) is 1.57. The Kier molecular flexibility index (Phi) is 3.84. The summed E-state index contributed by atoms with van der Waals surface area (Å²) in [6, 6.07) is 9.48. The van der Waals surface area contributed by atoms with Crippen LogP contribution in [-0.2, 0) is 6.54 Å². The van der Waals surface area contributed by atoms with Gasteiger partial charge in [0, 0.05) is 6.54 Å². The minimum atomic E-state index is -0.581. The van der Waals surface area contributed by atoms with Gasteiger partial charge in [0.15, 0.2) is 0 Å². The molecule has 0 bridgehead atoms. The summed E-state index contributed by atoms with van der Waals surface area (Å²) in [6.07, 6.45) is 1.20. The first-order valence-electron chi connectivity index (χ1n) is 5.46. The first kappa shape index (κ1) is 12.7. The standard InChI is InChI=1S/C11H12N6O2/c12-16-11-9(17(18)19)10(14-7-15-11)13-6-8-4-2-1-3-5-8/h1-5,7H,6,12H2,(H2,13,14,15,16). The Morgan fingerprint density at radius 2 is 1.89 bits per heavy atom. The van der Waals surface area contributed by atoms with E-state index in [2.05, 4.69) is 20.7 Å². The second-order valence-corrected chi connectivity index (χ2v) is 3.66. The van der Waals surface area contributed by atoms with Crippen LogP contribution < -0.4 is 16.6 Å². The monoisotopic (exact) mass is 260 g/mol. The SMILES string of the molecule is NNc1ncnc(NCc2ccccc2)c1[N+](=O)[O-]. The molecule has 0 aliphatic heterocycles. The van der Waals surface area contributed by atoms with E-state index in [1.807, 2.05) is 30.3 Å². The summed E-state index contributed by atoms with van der Waals surface area (Å²) in [7, 11) is 0. The third-order valence-corrected chi connectivity index (χ3v) is 2.44. The normalized spacial score (nSPS) is 9.95. The van der Waals surface area contributed by atoms with Gasteiger partial charge in [-0.2, -0.15) is 0 Å². The van der Waals surface area contributed by atoms with Gasteiger partial charge in [0.25, 0.3) is 0 Å². The molecule has 2 rings (SSSR count). The minimum Gasteiger partial charge on any atom is -0.360 e. The number of nitrogens with one attached hydrogen (secondary N) is 2. The van der Waals surface area contributed by atoms with Crippen LogP contribution in [0.3, 0.4) is 0 Å². The van der Waals surface area contributed by atoms with E-state index in [4.69, 9.17) is 5.84 Å². The average molecular weight is 260 g/mol. The van der Waals surface area contributed by atoms with Crippen LogP contribution in [0.15, 0.2) is 36.7 Å². The number of hydrogen-bond acceptors (Lipinski definition) is 7. The van der Waals surface area contributed by atoms with Crippen LogP contribution in [0.4, 0.5) is 17.3 Å². The molecule has 1 aromatic heterocycles. The van der Waals surface area contributed by atoms with Gasteiger partial charge >= 0.3 is 5.69 Å². The van der Waals surface area contributed by atoms with E-state index >= 15 is 0 Å². The molecule has 98 valence electrons. The summed E-state index contributed by atoms with van der Waals surface area (Å²) < 4.78 is 0. The van der Waals surface area contributed by atoms with Crippen molar-refractivity contribution in [3.05, 3.63) is 52.3 Å². The highest BCUT2D eigenvalue weighted by atomic mass is 16.6. The Morgan fingerprint density at radius 1 is 1.21 bits per heavy atom. The van der Waals surface area contributed by atoms with Gasteiger partial charge < -0.3 is 10.7 Å².